The molecule has 0 aromatic rings. The van der Waals surface area contributed by atoms with Crippen molar-refractivity contribution in [2.24, 2.45) is 5.92 Å². The van der Waals surface area contributed by atoms with Crippen molar-refractivity contribution < 1.29 is 4.79 Å². The molecule has 0 radical (unpaired) electrons. The third kappa shape index (κ3) is 1.97. The summed E-state index contributed by atoms with van der Waals surface area (Å²) in [4.78, 5) is 11.2. The van der Waals surface area contributed by atoms with Gasteiger partial charge in [0.05, 0.1) is 6.04 Å². The minimum atomic E-state index is 0.0439. The van der Waals surface area contributed by atoms with E-state index in [2.05, 4.69) is 24.5 Å². The Morgan fingerprint density at radius 1 is 1.50 bits per heavy atom. The van der Waals surface area contributed by atoms with E-state index in [0.717, 1.165) is 12.8 Å². The van der Waals surface area contributed by atoms with Crippen LogP contribution in [0.4, 0.5) is 0 Å². The highest BCUT2D eigenvalue weighted by atomic mass is 16.2. The standard InChI is InChI=1S/C9H18N2O/c1-6(2)7-4-5-8(11-7)9(12)10-3/h6-8,11H,4-5H2,1-3H3,(H,10,12). The Labute approximate surface area is 73.9 Å². The molecule has 3 heteroatoms. The number of hydrogen-bond acceptors (Lipinski definition) is 2. The summed E-state index contributed by atoms with van der Waals surface area (Å²) in [6.45, 7) is 4.37. The van der Waals surface area contributed by atoms with Gasteiger partial charge in [-0.1, -0.05) is 13.8 Å². The number of amides is 1. The van der Waals surface area contributed by atoms with Gasteiger partial charge in [-0.15, -0.1) is 0 Å². The number of carbonyl (C=O) groups excluding carboxylic acids is 1. The van der Waals surface area contributed by atoms with Gasteiger partial charge in [-0.05, 0) is 18.8 Å². The molecule has 1 rings (SSSR count). The van der Waals surface area contributed by atoms with Gasteiger partial charge in [0.1, 0.15) is 0 Å². The van der Waals surface area contributed by atoms with E-state index < -0.39 is 0 Å². The number of nitrogens with one attached hydrogen (secondary N) is 2. The molecule has 1 heterocycles. The lowest BCUT2D eigenvalue weighted by Gasteiger charge is -2.16. The molecule has 2 unspecified atom stereocenters. The van der Waals surface area contributed by atoms with Crippen molar-refractivity contribution in [2.75, 3.05) is 7.05 Å². The van der Waals surface area contributed by atoms with E-state index in [4.69, 9.17) is 0 Å². The SMILES string of the molecule is CNC(=O)C1CCC(C(C)C)N1. The largest absolute Gasteiger partial charge is 0.358 e. The molecule has 1 saturated heterocycles. The Kier molecular flexibility index (Phi) is 3.09. The minimum absolute atomic E-state index is 0.0439. The van der Waals surface area contributed by atoms with Gasteiger partial charge in [0, 0.05) is 13.1 Å². The van der Waals surface area contributed by atoms with E-state index in [1.807, 2.05) is 0 Å². The van der Waals surface area contributed by atoms with E-state index in [1.54, 1.807) is 7.05 Å². The monoisotopic (exact) mass is 170 g/mol. The third-order valence-electron chi connectivity index (χ3n) is 2.55. The van der Waals surface area contributed by atoms with Gasteiger partial charge in [-0.3, -0.25) is 4.79 Å². The minimum Gasteiger partial charge on any atom is -0.358 e. The van der Waals surface area contributed by atoms with Gasteiger partial charge < -0.3 is 10.6 Å². The second kappa shape index (κ2) is 3.90. The van der Waals surface area contributed by atoms with Crippen molar-refractivity contribution in [2.45, 2.75) is 38.8 Å². The van der Waals surface area contributed by atoms with Crippen molar-refractivity contribution in [3.63, 3.8) is 0 Å². The van der Waals surface area contributed by atoms with Crippen LogP contribution in [0.25, 0.3) is 0 Å². The molecule has 0 spiro atoms. The number of hydrogen-bond donors (Lipinski definition) is 2. The molecule has 12 heavy (non-hydrogen) atoms. The second-order valence-corrected chi connectivity index (χ2v) is 3.76. The number of rotatable bonds is 2. The molecule has 0 aliphatic carbocycles. The maximum Gasteiger partial charge on any atom is 0.236 e. The molecular formula is C9H18N2O. The Bertz CT molecular complexity index is 168. The summed E-state index contributed by atoms with van der Waals surface area (Å²) in [5, 5.41) is 5.99. The van der Waals surface area contributed by atoms with E-state index in [1.165, 1.54) is 0 Å². The van der Waals surface area contributed by atoms with E-state index in [9.17, 15) is 4.79 Å². The zero-order chi connectivity index (χ0) is 9.14. The Morgan fingerprint density at radius 2 is 2.17 bits per heavy atom. The fourth-order valence-corrected chi connectivity index (χ4v) is 1.68. The summed E-state index contributed by atoms with van der Waals surface area (Å²) in [5.74, 6) is 0.748. The third-order valence-corrected chi connectivity index (χ3v) is 2.55. The second-order valence-electron chi connectivity index (χ2n) is 3.76. The van der Waals surface area contributed by atoms with Gasteiger partial charge in [0.2, 0.25) is 5.91 Å². The highest BCUT2D eigenvalue weighted by Gasteiger charge is 2.29. The van der Waals surface area contributed by atoms with Gasteiger partial charge in [-0.2, -0.15) is 0 Å². The molecular weight excluding hydrogens is 152 g/mol. The summed E-state index contributed by atoms with van der Waals surface area (Å²) in [5.41, 5.74) is 0. The lowest BCUT2D eigenvalue weighted by Crippen LogP contribution is -2.42. The average molecular weight is 170 g/mol. The van der Waals surface area contributed by atoms with Gasteiger partial charge in [-0.25, -0.2) is 0 Å². The van der Waals surface area contributed by atoms with Crippen molar-refractivity contribution in [1.29, 1.82) is 0 Å². The number of likely N-dealkylation sites (N-methyl/N-ethyl adjacent to an activating group) is 1. The topological polar surface area (TPSA) is 41.1 Å². The summed E-state index contributed by atoms with van der Waals surface area (Å²) in [6.07, 6.45) is 2.10. The molecule has 2 N–H and O–H groups in total. The highest BCUT2D eigenvalue weighted by Crippen LogP contribution is 2.18. The van der Waals surface area contributed by atoms with Crippen LogP contribution in [0.1, 0.15) is 26.7 Å². The van der Waals surface area contributed by atoms with Crippen molar-refractivity contribution in [1.82, 2.24) is 10.6 Å². The lowest BCUT2D eigenvalue weighted by molar-refractivity contribution is -0.122. The van der Waals surface area contributed by atoms with Gasteiger partial charge in [0.25, 0.3) is 0 Å². The van der Waals surface area contributed by atoms with Gasteiger partial charge in [0.15, 0.2) is 0 Å². The van der Waals surface area contributed by atoms with Crippen molar-refractivity contribution >= 4 is 5.91 Å². The zero-order valence-corrected chi connectivity index (χ0v) is 8.05. The molecule has 0 saturated carbocycles. The molecule has 1 aliphatic rings. The highest BCUT2D eigenvalue weighted by molar-refractivity contribution is 5.81. The van der Waals surface area contributed by atoms with Crippen LogP contribution in [0, 0.1) is 5.92 Å². The predicted octanol–water partition coefficient (Wildman–Crippen LogP) is 0.509. The Morgan fingerprint density at radius 3 is 2.58 bits per heavy atom. The maximum absolute atomic E-state index is 11.2. The van der Waals surface area contributed by atoms with Crippen LogP contribution in [-0.4, -0.2) is 25.0 Å². The van der Waals surface area contributed by atoms with E-state index in [-0.39, 0.29) is 11.9 Å². The zero-order valence-electron chi connectivity index (χ0n) is 8.05. The van der Waals surface area contributed by atoms with Crippen molar-refractivity contribution in [3.05, 3.63) is 0 Å². The summed E-state index contributed by atoms with van der Waals surface area (Å²) < 4.78 is 0. The van der Waals surface area contributed by atoms with Crippen LogP contribution >= 0.6 is 0 Å². The molecule has 1 aliphatic heterocycles. The van der Waals surface area contributed by atoms with Crippen molar-refractivity contribution in [3.8, 4) is 0 Å². The maximum atomic E-state index is 11.2. The summed E-state index contributed by atoms with van der Waals surface area (Å²) >= 11 is 0. The molecule has 0 aromatic carbocycles. The average Bonchev–Trinajstić information content (AvgIpc) is 2.51. The first-order valence-corrected chi connectivity index (χ1v) is 4.62. The van der Waals surface area contributed by atoms with E-state index in [0.29, 0.717) is 12.0 Å². The van der Waals surface area contributed by atoms with Crippen LogP contribution in [0.15, 0.2) is 0 Å². The molecule has 3 nitrogen and oxygen atoms in total. The molecule has 0 aromatic heterocycles. The first-order chi connectivity index (χ1) is 5.65. The quantitative estimate of drug-likeness (QED) is 0.634. The molecule has 1 fully saturated rings. The molecule has 1 amide bonds. The predicted molar refractivity (Wildman–Crippen MR) is 48.9 cm³/mol. The van der Waals surface area contributed by atoms with Crippen LogP contribution in [-0.2, 0) is 4.79 Å². The van der Waals surface area contributed by atoms with E-state index >= 15 is 0 Å². The first-order valence-electron chi connectivity index (χ1n) is 4.62. The number of carbonyl (C=O) groups is 1. The lowest BCUT2D eigenvalue weighted by atomic mass is 10.0. The summed E-state index contributed by atoms with van der Waals surface area (Å²) in [7, 11) is 1.69. The Hall–Kier alpha value is -0.570. The molecule has 0 bridgehead atoms. The fourth-order valence-electron chi connectivity index (χ4n) is 1.68. The van der Waals surface area contributed by atoms with Crippen LogP contribution < -0.4 is 10.6 Å². The van der Waals surface area contributed by atoms with Crippen LogP contribution in [0.3, 0.4) is 0 Å². The van der Waals surface area contributed by atoms with Crippen LogP contribution in [0.5, 0.6) is 0 Å². The van der Waals surface area contributed by atoms with Crippen LogP contribution in [0.2, 0.25) is 0 Å². The van der Waals surface area contributed by atoms with Gasteiger partial charge >= 0.3 is 0 Å². The molecule has 70 valence electrons. The first kappa shape index (κ1) is 9.52. The fraction of sp³-hybridized carbons (Fsp3) is 0.889. The molecule has 2 atom stereocenters. The normalized spacial score (nSPS) is 29.3. The Balaban J connectivity index is 2.40. The smallest absolute Gasteiger partial charge is 0.236 e. The summed E-state index contributed by atoms with van der Waals surface area (Å²) in [6, 6.07) is 0.565.